The van der Waals surface area contributed by atoms with E-state index in [-0.39, 0.29) is 0 Å². The van der Waals surface area contributed by atoms with Crippen molar-refractivity contribution >= 4 is 0 Å². The molecule has 0 unspecified atom stereocenters. The third-order valence-corrected chi connectivity index (χ3v) is 5.44. The summed E-state index contributed by atoms with van der Waals surface area (Å²) in [5.74, 6) is 0. The molecule has 0 aliphatic rings. The topological polar surface area (TPSA) is 27.3 Å². The van der Waals surface area contributed by atoms with Crippen LogP contribution in [0.1, 0.15) is 104 Å². The maximum Gasteiger partial charge on any atom is 0.243 e. The molecule has 0 radical (unpaired) electrons. The summed E-state index contributed by atoms with van der Waals surface area (Å²) in [6.07, 6.45) is 24.7. The molecule has 0 amide bonds. The molecule has 1 aromatic rings. The van der Waals surface area contributed by atoms with Crippen LogP contribution >= 0.6 is 0 Å². The Morgan fingerprint density at radius 1 is 0.621 bits per heavy atom. The SMILES string of the molecule is CCCCCCCCOCCCn1cc[n+](CCCOCCCCCCCC)c1. The van der Waals surface area contributed by atoms with E-state index in [4.69, 9.17) is 9.47 Å². The van der Waals surface area contributed by atoms with E-state index in [0.717, 1.165) is 52.4 Å². The number of ether oxygens (including phenoxy) is 2. The Balaban J connectivity index is 1.88. The zero-order valence-electron chi connectivity index (χ0n) is 19.6. The molecule has 1 heterocycles. The summed E-state index contributed by atoms with van der Waals surface area (Å²) in [5.41, 5.74) is 0. The van der Waals surface area contributed by atoms with Gasteiger partial charge in [-0.25, -0.2) is 9.13 Å². The molecular formula is C25H49N2O2+. The number of rotatable bonds is 22. The van der Waals surface area contributed by atoms with E-state index in [0.29, 0.717) is 0 Å². The van der Waals surface area contributed by atoms with Gasteiger partial charge < -0.3 is 9.47 Å². The molecule has 170 valence electrons. The zero-order chi connectivity index (χ0) is 20.8. The maximum absolute atomic E-state index is 5.77. The second-order valence-electron chi connectivity index (χ2n) is 8.36. The van der Waals surface area contributed by atoms with E-state index in [2.05, 4.69) is 41.7 Å². The number of hydrogen-bond donors (Lipinski definition) is 0. The average molecular weight is 410 g/mol. The Kier molecular flexibility index (Phi) is 18.4. The summed E-state index contributed by atoms with van der Waals surface area (Å²) in [6.45, 7) is 10.2. The van der Waals surface area contributed by atoms with Crippen LogP contribution in [0, 0.1) is 0 Å². The highest BCUT2D eigenvalue weighted by Gasteiger charge is 2.03. The molecule has 1 rings (SSSR count). The van der Waals surface area contributed by atoms with Gasteiger partial charge in [0, 0.05) is 26.1 Å². The van der Waals surface area contributed by atoms with E-state index < -0.39 is 0 Å². The fraction of sp³-hybridized carbons (Fsp3) is 0.880. The van der Waals surface area contributed by atoms with Gasteiger partial charge >= 0.3 is 0 Å². The van der Waals surface area contributed by atoms with Crippen LogP contribution in [0.5, 0.6) is 0 Å². The van der Waals surface area contributed by atoms with Gasteiger partial charge in [-0.3, -0.25) is 0 Å². The lowest BCUT2D eigenvalue weighted by Crippen LogP contribution is -2.31. The Morgan fingerprint density at radius 3 is 1.76 bits per heavy atom. The molecule has 0 aromatic carbocycles. The molecule has 0 spiro atoms. The third kappa shape index (κ3) is 16.6. The zero-order valence-corrected chi connectivity index (χ0v) is 19.6. The predicted octanol–water partition coefficient (Wildman–Crippen LogP) is 6.31. The summed E-state index contributed by atoms with van der Waals surface area (Å²) in [5, 5.41) is 0. The first kappa shape index (κ1) is 26.2. The molecule has 0 N–H and O–H groups in total. The van der Waals surface area contributed by atoms with Gasteiger partial charge in [0.05, 0.1) is 26.3 Å². The molecule has 29 heavy (non-hydrogen) atoms. The molecule has 0 atom stereocenters. The number of nitrogens with zero attached hydrogens (tertiary/aromatic N) is 2. The van der Waals surface area contributed by atoms with Gasteiger partial charge in [0.25, 0.3) is 0 Å². The van der Waals surface area contributed by atoms with Crippen LogP contribution in [0.4, 0.5) is 0 Å². The summed E-state index contributed by atoms with van der Waals surface area (Å²) in [7, 11) is 0. The minimum Gasteiger partial charge on any atom is -0.381 e. The Bertz CT molecular complexity index is 409. The van der Waals surface area contributed by atoms with Gasteiger partial charge in [-0.1, -0.05) is 78.1 Å². The molecule has 0 aliphatic carbocycles. The van der Waals surface area contributed by atoms with Gasteiger partial charge in [0.1, 0.15) is 12.4 Å². The van der Waals surface area contributed by atoms with Crippen molar-refractivity contribution in [2.45, 2.75) is 117 Å². The summed E-state index contributed by atoms with van der Waals surface area (Å²) >= 11 is 0. The van der Waals surface area contributed by atoms with Crippen molar-refractivity contribution in [3.63, 3.8) is 0 Å². The molecule has 0 aliphatic heterocycles. The van der Waals surface area contributed by atoms with Crippen LogP contribution in [0.15, 0.2) is 18.7 Å². The van der Waals surface area contributed by atoms with E-state index in [1.807, 2.05) is 0 Å². The van der Waals surface area contributed by atoms with Gasteiger partial charge in [-0.05, 0) is 12.8 Å². The van der Waals surface area contributed by atoms with Crippen LogP contribution in [-0.4, -0.2) is 31.0 Å². The molecule has 1 aromatic heterocycles. The van der Waals surface area contributed by atoms with Crippen molar-refractivity contribution in [2.75, 3.05) is 26.4 Å². The van der Waals surface area contributed by atoms with Crippen molar-refractivity contribution in [1.82, 2.24) is 4.57 Å². The molecule has 0 saturated carbocycles. The van der Waals surface area contributed by atoms with Crippen molar-refractivity contribution in [2.24, 2.45) is 0 Å². The van der Waals surface area contributed by atoms with Gasteiger partial charge in [0.2, 0.25) is 6.33 Å². The molecule has 0 fully saturated rings. The van der Waals surface area contributed by atoms with Crippen LogP contribution in [0.3, 0.4) is 0 Å². The summed E-state index contributed by atoms with van der Waals surface area (Å²) in [4.78, 5) is 0. The number of aryl methyl sites for hydroxylation is 2. The number of unbranched alkanes of at least 4 members (excludes halogenated alkanes) is 10. The molecule has 0 bridgehead atoms. The highest BCUT2D eigenvalue weighted by atomic mass is 16.5. The largest absolute Gasteiger partial charge is 0.381 e. The third-order valence-electron chi connectivity index (χ3n) is 5.44. The summed E-state index contributed by atoms with van der Waals surface area (Å²) in [6, 6.07) is 0. The fourth-order valence-corrected chi connectivity index (χ4v) is 3.57. The van der Waals surface area contributed by atoms with Gasteiger partial charge in [-0.2, -0.15) is 0 Å². The standard InChI is InChI=1S/C25H49N2O2/c1-3-5-7-9-11-13-21-28-23-15-17-26-19-20-27(25-26)18-16-24-29-22-14-12-10-8-6-4-2/h19-20,25H,3-18,21-24H2,1-2H3/q+1. The normalized spacial score (nSPS) is 11.4. The quantitative estimate of drug-likeness (QED) is 0.166. The van der Waals surface area contributed by atoms with E-state index in [9.17, 15) is 0 Å². The van der Waals surface area contributed by atoms with Crippen molar-refractivity contribution in [1.29, 1.82) is 0 Å². The van der Waals surface area contributed by atoms with E-state index in [1.165, 1.54) is 77.0 Å². The number of hydrogen-bond acceptors (Lipinski definition) is 2. The first-order valence-electron chi connectivity index (χ1n) is 12.6. The van der Waals surface area contributed by atoms with Crippen molar-refractivity contribution in [3.05, 3.63) is 18.7 Å². The van der Waals surface area contributed by atoms with Crippen LogP contribution in [0.2, 0.25) is 0 Å². The molecule has 4 nitrogen and oxygen atoms in total. The predicted molar refractivity (Wildman–Crippen MR) is 122 cm³/mol. The highest BCUT2D eigenvalue weighted by Crippen LogP contribution is 2.06. The number of aromatic nitrogens is 2. The fourth-order valence-electron chi connectivity index (χ4n) is 3.57. The lowest BCUT2D eigenvalue weighted by Gasteiger charge is -2.04. The van der Waals surface area contributed by atoms with Crippen LogP contribution in [0.25, 0.3) is 0 Å². The Labute approximate surface area is 181 Å². The number of imidazole rings is 1. The van der Waals surface area contributed by atoms with E-state index >= 15 is 0 Å². The monoisotopic (exact) mass is 409 g/mol. The molecule has 0 saturated heterocycles. The van der Waals surface area contributed by atoms with Crippen LogP contribution in [-0.2, 0) is 22.6 Å². The first-order valence-corrected chi connectivity index (χ1v) is 12.6. The second-order valence-corrected chi connectivity index (χ2v) is 8.36. The van der Waals surface area contributed by atoms with Gasteiger partial charge in [-0.15, -0.1) is 0 Å². The first-order chi connectivity index (χ1) is 14.4. The minimum atomic E-state index is 0.874. The lowest BCUT2D eigenvalue weighted by molar-refractivity contribution is -0.697. The molecule has 4 heteroatoms. The molecular weight excluding hydrogens is 360 g/mol. The maximum atomic E-state index is 5.77. The average Bonchev–Trinajstić information content (AvgIpc) is 3.18. The Morgan fingerprint density at radius 2 is 1.14 bits per heavy atom. The van der Waals surface area contributed by atoms with Crippen molar-refractivity contribution in [3.8, 4) is 0 Å². The van der Waals surface area contributed by atoms with Crippen molar-refractivity contribution < 1.29 is 14.0 Å². The van der Waals surface area contributed by atoms with Crippen LogP contribution < -0.4 is 4.57 Å². The van der Waals surface area contributed by atoms with E-state index in [1.54, 1.807) is 0 Å². The lowest BCUT2D eigenvalue weighted by atomic mass is 10.1. The smallest absolute Gasteiger partial charge is 0.243 e. The summed E-state index contributed by atoms with van der Waals surface area (Å²) < 4.78 is 16.1. The Hall–Kier alpha value is -0.870. The minimum absolute atomic E-state index is 0.874. The second kappa shape index (κ2) is 20.4. The highest BCUT2D eigenvalue weighted by molar-refractivity contribution is 4.66. The van der Waals surface area contributed by atoms with Gasteiger partial charge in [0.15, 0.2) is 0 Å².